The quantitative estimate of drug-likeness (QED) is 0.856. The smallest absolute Gasteiger partial charge is 0.147 e. The first-order valence-corrected chi connectivity index (χ1v) is 7.95. The highest BCUT2D eigenvalue weighted by Crippen LogP contribution is 2.16. The Balaban J connectivity index is 1.66. The molecule has 0 spiro atoms. The van der Waals surface area contributed by atoms with E-state index >= 15 is 0 Å². The lowest BCUT2D eigenvalue weighted by molar-refractivity contribution is -0.0408. The number of halogens is 1. The van der Waals surface area contributed by atoms with Crippen molar-refractivity contribution in [2.75, 3.05) is 19.7 Å². The van der Waals surface area contributed by atoms with Crippen molar-refractivity contribution < 1.29 is 9.13 Å². The first-order valence-electron chi connectivity index (χ1n) is 7.95. The summed E-state index contributed by atoms with van der Waals surface area (Å²) in [7, 11) is 0. The van der Waals surface area contributed by atoms with E-state index < -0.39 is 0 Å². The van der Waals surface area contributed by atoms with Gasteiger partial charge in [0.05, 0.1) is 30.9 Å². The van der Waals surface area contributed by atoms with Crippen LogP contribution in [0.3, 0.4) is 0 Å². The molecule has 1 aromatic heterocycles. The van der Waals surface area contributed by atoms with Gasteiger partial charge in [0.1, 0.15) is 17.5 Å². The van der Waals surface area contributed by atoms with Crippen molar-refractivity contribution in [3.63, 3.8) is 0 Å². The molecule has 0 N–H and O–H groups in total. The van der Waals surface area contributed by atoms with E-state index in [-0.39, 0.29) is 11.9 Å². The van der Waals surface area contributed by atoms with E-state index in [9.17, 15) is 4.39 Å². The second kappa shape index (κ2) is 7.07. The maximum atomic E-state index is 14.0. The van der Waals surface area contributed by atoms with Crippen LogP contribution < -0.4 is 0 Å². The zero-order chi connectivity index (χ0) is 17.1. The van der Waals surface area contributed by atoms with Gasteiger partial charge in [-0.2, -0.15) is 10.4 Å². The van der Waals surface area contributed by atoms with Crippen LogP contribution in [-0.2, 0) is 17.8 Å². The van der Waals surface area contributed by atoms with Crippen molar-refractivity contribution in [1.82, 2.24) is 19.7 Å². The van der Waals surface area contributed by atoms with Gasteiger partial charge in [0.25, 0.3) is 0 Å². The molecule has 2 aromatic rings. The fraction of sp³-hybridized carbons (Fsp3) is 0.471. The maximum Gasteiger partial charge on any atom is 0.147 e. The molecule has 24 heavy (non-hydrogen) atoms. The average molecular weight is 329 g/mol. The second-order valence-electron chi connectivity index (χ2n) is 6.03. The molecule has 1 aliphatic rings. The molecule has 0 radical (unpaired) electrons. The first kappa shape index (κ1) is 16.6. The first-order chi connectivity index (χ1) is 11.5. The third kappa shape index (κ3) is 3.78. The Kier molecular flexibility index (Phi) is 4.88. The number of benzene rings is 1. The SMILES string of the molecule is Cc1nc(C)n(C[C@@H]2CN(Cc3cc(C#N)ccc3F)CCO2)n1. The van der Waals surface area contributed by atoms with Crippen LogP contribution in [0, 0.1) is 31.0 Å². The van der Waals surface area contributed by atoms with E-state index in [1.807, 2.05) is 18.5 Å². The predicted molar refractivity (Wildman–Crippen MR) is 85.6 cm³/mol. The molecule has 0 unspecified atom stereocenters. The van der Waals surface area contributed by atoms with Crippen molar-refractivity contribution >= 4 is 0 Å². The Morgan fingerprint density at radius 3 is 2.96 bits per heavy atom. The van der Waals surface area contributed by atoms with Crippen molar-refractivity contribution in [3.8, 4) is 6.07 Å². The summed E-state index contributed by atoms with van der Waals surface area (Å²) in [5.41, 5.74) is 1.02. The highest BCUT2D eigenvalue weighted by Gasteiger charge is 2.23. The van der Waals surface area contributed by atoms with Crippen LogP contribution in [0.5, 0.6) is 0 Å². The molecule has 126 valence electrons. The molecule has 1 aromatic carbocycles. The van der Waals surface area contributed by atoms with Gasteiger partial charge in [-0.3, -0.25) is 4.90 Å². The Hall–Kier alpha value is -2.30. The minimum absolute atomic E-state index is 0.0132. The molecule has 6 nitrogen and oxygen atoms in total. The van der Waals surface area contributed by atoms with Crippen LogP contribution in [0.2, 0.25) is 0 Å². The summed E-state index contributed by atoms with van der Waals surface area (Å²) in [6.45, 7) is 6.90. The largest absolute Gasteiger partial charge is 0.374 e. The van der Waals surface area contributed by atoms with Gasteiger partial charge in [-0.05, 0) is 32.0 Å². The zero-order valence-electron chi connectivity index (χ0n) is 13.9. The van der Waals surface area contributed by atoms with Crippen LogP contribution in [-0.4, -0.2) is 45.5 Å². The summed E-state index contributed by atoms with van der Waals surface area (Å²) < 4.78 is 21.6. The van der Waals surface area contributed by atoms with E-state index in [4.69, 9.17) is 10.00 Å². The Morgan fingerprint density at radius 1 is 1.42 bits per heavy atom. The molecule has 2 heterocycles. The summed E-state index contributed by atoms with van der Waals surface area (Å²) in [5.74, 6) is 1.33. The molecule has 0 aliphatic carbocycles. The van der Waals surface area contributed by atoms with E-state index in [0.717, 1.165) is 18.2 Å². The highest BCUT2D eigenvalue weighted by atomic mass is 19.1. The molecule has 0 bridgehead atoms. The van der Waals surface area contributed by atoms with Gasteiger partial charge in [-0.1, -0.05) is 0 Å². The fourth-order valence-corrected chi connectivity index (χ4v) is 2.97. The third-order valence-corrected chi connectivity index (χ3v) is 4.13. The van der Waals surface area contributed by atoms with Gasteiger partial charge < -0.3 is 4.74 Å². The monoisotopic (exact) mass is 329 g/mol. The van der Waals surface area contributed by atoms with Crippen LogP contribution >= 0.6 is 0 Å². The fourth-order valence-electron chi connectivity index (χ4n) is 2.97. The van der Waals surface area contributed by atoms with Crippen molar-refractivity contribution in [1.29, 1.82) is 5.26 Å². The summed E-state index contributed by atoms with van der Waals surface area (Å²) >= 11 is 0. The Morgan fingerprint density at radius 2 is 2.25 bits per heavy atom. The number of morpholine rings is 1. The lowest BCUT2D eigenvalue weighted by atomic mass is 10.1. The highest BCUT2D eigenvalue weighted by molar-refractivity contribution is 5.33. The van der Waals surface area contributed by atoms with Crippen LogP contribution in [0.15, 0.2) is 18.2 Å². The van der Waals surface area contributed by atoms with Gasteiger partial charge in [0, 0.05) is 25.2 Å². The van der Waals surface area contributed by atoms with Crippen LogP contribution in [0.1, 0.15) is 22.8 Å². The number of hydrogen-bond acceptors (Lipinski definition) is 5. The van der Waals surface area contributed by atoms with E-state index in [1.165, 1.54) is 12.1 Å². The number of nitriles is 1. The number of nitrogens with zero attached hydrogens (tertiary/aromatic N) is 5. The number of aromatic nitrogens is 3. The summed E-state index contributed by atoms with van der Waals surface area (Å²) in [6, 6.07) is 6.52. The number of hydrogen-bond donors (Lipinski definition) is 0. The van der Waals surface area contributed by atoms with Gasteiger partial charge in [-0.15, -0.1) is 0 Å². The Bertz CT molecular complexity index is 767. The molecule has 1 saturated heterocycles. The van der Waals surface area contributed by atoms with Gasteiger partial charge in [0.2, 0.25) is 0 Å². The summed E-state index contributed by atoms with van der Waals surface area (Å²) in [6.07, 6.45) is -0.0132. The normalized spacial score (nSPS) is 18.5. The third-order valence-electron chi connectivity index (χ3n) is 4.13. The topological polar surface area (TPSA) is 67.0 Å². The molecule has 7 heteroatoms. The lowest BCUT2D eigenvalue weighted by Crippen LogP contribution is -2.44. The second-order valence-corrected chi connectivity index (χ2v) is 6.03. The van der Waals surface area contributed by atoms with Gasteiger partial charge in [-0.25, -0.2) is 14.1 Å². The molecule has 0 saturated carbocycles. The standard InChI is InChI=1S/C17H20FN5O/c1-12-20-13(2)23(21-12)11-16-10-22(5-6-24-16)9-15-7-14(8-19)3-4-17(15)18/h3-4,7,16H,5-6,9-11H2,1-2H3/t16-/m0/s1. The number of aryl methyl sites for hydroxylation is 2. The Labute approximate surface area is 140 Å². The van der Waals surface area contributed by atoms with Crippen LogP contribution in [0.25, 0.3) is 0 Å². The predicted octanol–water partition coefficient (Wildman–Crippen LogP) is 1.81. The van der Waals surface area contributed by atoms with Gasteiger partial charge >= 0.3 is 0 Å². The maximum absolute atomic E-state index is 14.0. The molecular formula is C17H20FN5O. The van der Waals surface area contributed by atoms with Crippen molar-refractivity contribution in [3.05, 3.63) is 46.8 Å². The molecule has 1 aliphatic heterocycles. The minimum atomic E-state index is -0.278. The summed E-state index contributed by atoms with van der Waals surface area (Å²) in [4.78, 5) is 6.44. The summed E-state index contributed by atoms with van der Waals surface area (Å²) in [5, 5.41) is 13.3. The molecular weight excluding hydrogens is 309 g/mol. The average Bonchev–Trinajstić information content (AvgIpc) is 2.87. The molecule has 1 atom stereocenters. The molecule has 0 amide bonds. The van der Waals surface area contributed by atoms with E-state index in [1.54, 1.807) is 6.07 Å². The molecule has 3 rings (SSSR count). The van der Waals surface area contributed by atoms with Crippen LogP contribution in [0.4, 0.5) is 4.39 Å². The lowest BCUT2D eigenvalue weighted by Gasteiger charge is -2.33. The van der Waals surface area contributed by atoms with E-state index in [2.05, 4.69) is 21.1 Å². The van der Waals surface area contributed by atoms with E-state index in [0.29, 0.717) is 37.4 Å². The zero-order valence-corrected chi connectivity index (χ0v) is 13.9. The van der Waals surface area contributed by atoms with Crippen molar-refractivity contribution in [2.24, 2.45) is 0 Å². The number of rotatable bonds is 4. The number of ether oxygens (including phenoxy) is 1. The van der Waals surface area contributed by atoms with Crippen molar-refractivity contribution in [2.45, 2.75) is 33.0 Å². The minimum Gasteiger partial charge on any atom is -0.374 e. The van der Waals surface area contributed by atoms with Gasteiger partial charge in [0.15, 0.2) is 0 Å². The molecule has 1 fully saturated rings.